The van der Waals surface area contributed by atoms with Crippen LogP contribution in [-0.2, 0) is 14.4 Å². The third kappa shape index (κ3) is 5.26. The first-order valence-electron chi connectivity index (χ1n) is 4.27. The second kappa shape index (κ2) is 7.02. The number of hydrogen-bond acceptors (Lipinski definition) is 4. The van der Waals surface area contributed by atoms with Gasteiger partial charge < -0.3 is 20.7 Å². The maximum Gasteiger partial charge on any atom is 0.242 e. The molecule has 0 radical (unpaired) electrons. The normalized spacial score (nSPS) is 11.6. The number of likely N-dealkylation sites (N-methyl/N-ethyl adjacent to an activating group) is 1. The van der Waals surface area contributed by atoms with Gasteiger partial charge in [-0.15, -0.1) is 0 Å². The Kier molecular flexibility index (Phi) is 6.30. The lowest BCUT2D eigenvalue weighted by Crippen LogP contribution is -2.47. The zero-order valence-corrected chi connectivity index (χ0v) is 8.29. The molecule has 0 aromatic carbocycles. The van der Waals surface area contributed by atoms with Gasteiger partial charge in [0, 0.05) is 0 Å². The van der Waals surface area contributed by atoms with Gasteiger partial charge in [-0.05, 0) is 14.0 Å². The van der Waals surface area contributed by atoms with Gasteiger partial charge >= 0.3 is 0 Å². The number of amides is 2. The zero-order valence-electron chi connectivity index (χ0n) is 8.29. The topological polar surface area (TPSA) is 87.3 Å². The maximum atomic E-state index is 11.1. The minimum atomic E-state index is -0.629. The molecule has 14 heavy (non-hydrogen) atoms. The van der Waals surface area contributed by atoms with E-state index in [1.165, 1.54) is 0 Å². The number of carbonyl (C=O) groups is 3. The molecule has 80 valence electrons. The van der Waals surface area contributed by atoms with Crippen LogP contribution in [0.4, 0.5) is 0 Å². The van der Waals surface area contributed by atoms with Crippen molar-refractivity contribution < 1.29 is 14.4 Å². The highest BCUT2D eigenvalue weighted by Gasteiger charge is 2.13. The summed E-state index contributed by atoms with van der Waals surface area (Å²) in [6, 6.07) is -0.629. The molecule has 6 nitrogen and oxygen atoms in total. The molecule has 0 aliphatic carbocycles. The van der Waals surface area contributed by atoms with Crippen molar-refractivity contribution in [3.05, 3.63) is 0 Å². The van der Waals surface area contributed by atoms with Crippen LogP contribution in [0.2, 0.25) is 0 Å². The molecule has 0 aromatic heterocycles. The van der Waals surface area contributed by atoms with Crippen molar-refractivity contribution in [1.82, 2.24) is 16.0 Å². The molecule has 0 aliphatic heterocycles. The molecule has 6 heteroatoms. The molecule has 0 saturated heterocycles. The molecule has 0 unspecified atom stereocenters. The molecule has 1 atom stereocenters. The van der Waals surface area contributed by atoms with Crippen LogP contribution in [0, 0.1) is 0 Å². The Labute approximate surface area is 82.4 Å². The molecule has 0 bridgehead atoms. The predicted octanol–water partition coefficient (Wildman–Crippen LogP) is -1.97. The summed E-state index contributed by atoms with van der Waals surface area (Å²) in [7, 11) is 1.64. The Morgan fingerprint density at radius 3 is 2.57 bits per heavy atom. The van der Waals surface area contributed by atoms with Crippen LogP contribution < -0.4 is 16.0 Å². The van der Waals surface area contributed by atoms with Crippen molar-refractivity contribution in [2.45, 2.75) is 13.0 Å². The third-order valence-corrected chi connectivity index (χ3v) is 1.47. The Hall–Kier alpha value is -1.43. The molecule has 0 aliphatic rings. The Balaban J connectivity index is 3.82. The van der Waals surface area contributed by atoms with E-state index in [1.807, 2.05) is 0 Å². The minimum Gasteiger partial charge on any atom is -0.348 e. The van der Waals surface area contributed by atoms with Crippen molar-refractivity contribution >= 4 is 18.1 Å². The van der Waals surface area contributed by atoms with Gasteiger partial charge in [-0.3, -0.25) is 9.59 Å². The lowest BCUT2D eigenvalue weighted by molar-refractivity contribution is -0.128. The molecule has 0 heterocycles. The van der Waals surface area contributed by atoms with Gasteiger partial charge in [0.05, 0.1) is 13.1 Å². The van der Waals surface area contributed by atoms with Gasteiger partial charge in [-0.1, -0.05) is 0 Å². The van der Waals surface area contributed by atoms with Crippen molar-refractivity contribution in [2.75, 3.05) is 20.1 Å². The van der Waals surface area contributed by atoms with E-state index in [0.717, 1.165) is 0 Å². The minimum absolute atomic E-state index is 0.0366. The number of rotatable bonds is 6. The summed E-state index contributed by atoms with van der Waals surface area (Å²) in [5, 5.41) is 7.45. The first kappa shape index (κ1) is 12.6. The zero-order chi connectivity index (χ0) is 11.0. The average molecular weight is 201 g/mol. The highest BCUT2D eigenvalue weighted by molar-refractivity contribution is 5.88. The quantitative estimate of drug-likeness (QED) is 0.435. The van der Waals surface area contributed by atoms with Gasteiger partial charge in [-0.25, -0.2) is 0 Å². The van der Waals surface area contributed by atoms with Gasteiger partial charge in [0.2, 0.25) is 11.8 Å². The Morgan fingerprint density at radius 1 is 1.43 bits per heavy atom. The number of hydrogen-bond donors (Lipinski definition) is 3. The molecule has 0 fully saturated rings. The van der Waals surface area contributed by atoms with Crippen LogP contribution in [0.25, 0.3) is 0 Å². The fraction of sp³-hybridized carbons (Fsp3) is 0.625. The van der Waals surface area contributed by atoms with Crippen molar-refractivity contribution in [2.24, 2.45) is 0 Å². The summed E-state index contributed by atoms with van der Waals surface area (Å²) >= 11 is 0. The number of aldehydes is 1. The standard InChI is InChI=1S/C8H15N3O3/c1-6(8(14)10-3-4-12)11-7(13)5-9-2/h4,6,9H,3,5H2,1-2H3,(H,10,14)(H,11,13)/t6-/m0/s1. The molecule has 3 N–H and O–H groups in total. The third-order valence-electron chi connectivity index (χ3n) is 1.47. The summed E-state index contributed by atoms with van der Waals surface area (Å²) in [5.74, 6) is -0.636. The summed E-state index contributed by atoms with van der Waals surface area (Å²) < 4.78 is 0. The van der Waals surface area contributed by atoms with Crippen LogP contribution >= 0.6 is 0 Å². The lowest BCUT2D eigenvalue weighted by Gasteiger charge is -2.12. The molecule has 2 amide bonds. The predicted molar refractivity (Wildman–Crippen MR) is 50.6 cm³/mol. The monoisotopic (exact) mass is 201 g/mol. The van der Waals surface area contributed by atoms with E-state index in [2.05, 4.69) is 16.0 Å². The fourth-order valence-electron chi connectivity index (χ4n) is 0.814. The molecule has 0 aromatic rings. The first-order valence-corrected chi connectivity index (χ1v) is 4.27. The van der Waals surface area contributed by atoms with E-state index in [-0.39, 0.29) is 24.9 Å². The van der Waals surface area contributed by atoms with E-state index < -0.39 is 6.04 Å². The molecule has 0 saturated carbocycles. The Bertz CT molecular complexity index is 218. The second-order valence-corrected chi connectivity index (χ2v) is 2.73. The van der Waals surface area contributed by atoms with Crippen molar-refractivity contribution in [3.8, 4) is 0 Å². The van der Waals surface area contributed by atoms with E-state index in [1.54, 1.807) is 14.0 Å². The summed E-state index contributed by atoms with van der Waals surface area (Å²) in [4.78, 5) is 32.1. The van der Waals surface area contributed by atoms with Gasteiger partial charge in [0.25, 0.3) is 0 Å². The van der Waals surface area contributed by atoms with Crippen LogP contribution in [0.3, 0.4) is 0 Å². The highest BCUT2D eigenvalue weighted by atomic mass is 16.2. The van der Waals surface area contributed by atoms with Crippen molar-refractivity contribution in [3.63, 3.8) is 0 Å². The fourth-order valence-corrected chi connectivity index (χ4v) is 0.814. The smallest absolute Gasteiger partial charge is 0.242 e. The SMILES string of the molecule is CNCC(=O)N[C@@H](C)C(=O)NCC=O. The average Bonchev–Trinajstić information content (AvgIpc) is 2.14. The van der Waals surface area contributed by atoms with Crippen LogP contribution in [-0.4, -0.2) is 44.3 Å². The highest BCUT2D eigenvalue weighted by Crippen LogP contribution is 1.80. The van der Waals surface area contributed by atoms with E-state index in [0.29, 0.717) is 6.29 Å². The molecule has 0 rings (SSSR count). The van der Waals surface area contributed by atoms with Crippen LogP contribution in [0.15, 0.2) is 0 Å². The van der Waals surface area contributed by atoms with Crippen LogP contribution in [0.5, 0.6) is 0 Å². The largest absolute Gasteiger partial charge is 0.348 e. The molecular weight excluding hydrogens is 186 g/mol. The first-order chi connectivity index (χ1) is 6.61. The van der Waals surface area contributed by atoms with E-state index >= 15 is 0 Å². The molecule has 0 spiro atoms. The van der Waals surface area contributed by atoms with Gasteiger partial charge in [-0.2, -0.15) is 0 Å². The van der Waals surface area contributed by atoms with Crippen LogP contribution in [0.1, 0.15) is 6.92 Å². The maximum absolute atomic E-state index is 11.1. The second-order valence-electron chi connectivity index (χ2n) is 2.73. The summed E-state index contributed by atoms with van der Waals surface area (Å²) in [6.45, 7) is 1.67. The van der Waals surface area contributed by atoms with Gasteiger partial charge in [0.15, 0.2) is 0 Å². The summed E-state index contributed by atoms with van der Waals surface area (Å²) in [6.07, 6.45) is 0.583. The van der Waals surface area contributed by atoms with Crippen molar-refractivity contribution in [1.29, 1.82) is 0 Å². The lowest BCUT2D eigenvalue weighted by atomic mass is 10.3. The Morgan fingerprint density at radius 2 is 2.07 bits per heavy atom. The van der Waals surface area contributed by atoms with Gasteiger partial charge in [0.1, 0.15) is 12.3 Å². The number of carbonyl (C=O) groups excluding carboxylic acids is 3. The number of nitrogens with one attached hydrogen (secondary N) is 3. The summed E-state index contributed by atoms with van der Waals surface area (Å²) in [5.41, 5.74) is 0. The van der Waals surface area contributed by atoms with E-state index in [9.17, 15) is 14.4 Å². The van der Waals surface area contributed by atoms with E-state index in [4.69, 9.17) is 0 Å². The molecular formula is C8H15N3O3.